The lowest BCUT2D eigenvalue weighted by Gasteiger charge is -2.32. The number of anilines is 1. The molecule has 1 aliphatic rings. The van der Waals surface area contributed by atoms with Crippen LogP contribution in [0.2, 0.25) is 0 Å². The number of nitrogens with one attached hydrogen (secondary N) is 1. The van der Waals surface area contributed by atoms with Gasteiger partial charge >= 0.3 is 0 Å². The standard InChI is InChI=1S/C18H20N6/c1-3-7-16(8-4-1)15-22-11-13-23(14-12-22)18-19-20-21-24(18)17-9-5-2-6-10-17/h1-10H,11-15H2/p+1. The van der Waals surface area contributed by atoms with Gasteiger partial charge in [0.25, 0.3) is 5.95 Å². The molecule has 0 saturated carbocycles. The average Bonchev–Trinajstić information content (AvgIpc) is 3.14. The van der Waals surface area contributed by atoms with Crippen molar-refractivity contribution in [2.75, 3.05) is 31.1 Å². The minimum atomic E-state index is 0.833. The lowest BCUT2D eigenvalue weighted by molar-refractivity contribution is -0.914. The van der Waals surface area contributed by atoms with Crippen LogP contribution >= 0.6 is 0 Å². The third kappa shape index (κ3) is 3.14. The minimum absolute atomic E-state index is 0.833. The van der Waals surface area contributed by atoms with Crippen LogP contribution in [-0.2, 0) is 6.54 Å². The first-order valence-electron chi connectivity index (χ1n) is 8.36. The van der Waals surface area contributed by atoms with Crippen LogP contribution in [0.25, 0.3) is 5.69 Å². The van der Waals surface area contributed by atoms with Crippen LogP contribution < -0.4 is 9.80 Å². The lowest BCUT2D eigenvalue weighted by Crippen LogP contribution is -3.13. The number of quaternary nitrogens is 1. The summed E-state index contributed by atoms with van der Waals surface area (Å²) in [6, 6.07) is 20.8. The molecule has 1 N–H and O–H groups in total. The molecule has 0 atom stereocenters. The summed E-state index contributed by atoms with van der Waals surface area (Å²) < 4.78 is 1.82. The highest BCUT2D eigenvalue weighted by atomic mass is 15.6. The van der Waals surface area contributed by atoms with Gasteiger partial charge in [-0.3, -0.25) is 0 Å². The molecule has 2 aromatic carbocycles. The Morgan fingerprint density at radius 2 is 1.54 bits per heavy atom. The molecule has 1 aliphatic heterocycles. The van der Waals surface area contributed by atoms with E-state index in [0.29, 0.717) is 0 Å². The Balaban J connectivity index is 1.43. The molecule has 1 aromatic heterocycles. The number of tetrazole rings is 1. The van der Waals surface area contributed by atoms with Crippen LogP contribution in [0.15, 0.2) is 60.7 Å². The van der Waals surface area contributed by atoms with E-state index in [1.165, 1.54) is 5.56 Å². The van der Waals surface area contributed by atoms with Gasteiger partial charge < -0.3 is 9.80 Å². The zero-order chi connectivity index (χ0) is 16.2. The van der Waals surface area contributed by atoms with E-state index in [1.54, 1.807) is 4.90 Å². The number of nitrogens with zero attached hydrogens (tertiary/aromatic N) is 5. The zero-order valence-corrected chi connectivity index (χ0v) is 13.5. The molecule has 122 valence electrons. The number of benzene rings is 2. The van der Waals surface area contributed by atoms with Gasteiger partial charge in [0.2, 0.25) is 0 Å². The molecule has 6 nitrogen and oxygen atoms in total. The van der Waals surface area contributed by atoms with Crippen LogP contribution in [0.1, 0.15) is 5.56 Å². The van der Waals surface area contributed by atoms with E-state index in [0.717, 1.165) is 44.4 Å². The predicted molar refractivity (Wildman–Crippen MR) is 92.2 cm³/mol. The molecule has 2 heterocycles. The number of hydrogen-bond acceptors (Lipinski definition) is 4. The van der Waals surface area contributed by atoms with E-state index in [1.807, 2.05) is 35.0 Å². The first kappa shape index (κ1) is 14.8. The van der Waals surface area contributed by atoms with E-state index in [-0.39, 0.29) is 0 Å². The fraction of sp³-hybridized carbons (Fsp3) is 0.278. The van der Waals surface area contributed by atoms with Gasteiger partial charge in [-0.25, -0.2) is 0 Å². The number of piperazine rings is 1. The van der Waals surface area contributed by atoms with Gasteiger partial charge in [0.15, 0.2) is 0 Å². The van der Waals surface area contributed by atoms with Crippen LogP contribution in [0.3, 0.4) is 0 Å². The Morgan fingerprint density at radius 3 is 2.25 bits per heavy atom. The largest absolute Gasteiger partial charge is 0.328 e. The SMILES string of the molecule is c1ccc(C[NH+]2CCN(c3nnnn3-c3ccccc3)CC2)cc1. The first-order valence-corrected chi connectivity index (χ1v) is 8.36. The van der Waals surface area contributed by atoms with E-state index in [2.05, 4.69) is 50.8 Å². The number of para-hydroxylation sites is 1. The van der Waals surface area contributed by atoms with Crippen molar-refractivity contribution < 1.29 is 4.90 Å². The van der Waals surface area contributed by atoms with Crippen molar-refractivity contribution in [2.24, 2.45) is 0 Å². The lowest BCUT2D eigenvalue weighted by atomic mass is 10.2. The quantitative estimate of drug-likeness (QED) is 0.763. The number of hydrogen-bond donors (Lipinski definition) is 1. The first-order chi connectivity index (χ1) is 11.9. The van der Waals surface area contributed by atoms with E-state index < -0.39 is 0 Å². The molecule has 1 fully saturated rings. The molecule has 0 unspecified atom stereocenters. The summed E-state index contributed by atoms with van der Waals surface area (Å²) in [7, 11) is 0. The third-order valence-corrected chi connectivity index (χ3v) is 4.50. The van der Waals surface area contributed by atoms with Gasteiger partial charge in [-0.05, 0) is 22.6 Å². The van der Waals surface area contributed by atoms with Crippen molar-refractivity contribution in [3.63, 3.8) is 0 Å². The molecule has 6 heteroatoms. The molecule has 0 spiro atoms. The van der Waals surface area contributed by atoms with Crippen molar-refractivity contribution >= 4 is 5.95 Å². The maximum absolute atomic E-state index is 4.24. The summed E-state index contributed by atoms with van der Waals surface area (Å²) in [5, 5.41) is 12.3. The molecule has 1 saturated heterocycles. The average molecular weight is 321 g/mol. The summed E-state index contributed by atoms with van der Waals surface area (Å²) in [4.78, 5) is 3.89. The highest BCUT2D eigenvalue weighted by molar-refractivity contribution is 5.40. The van der Waals surface area contributed by atoms with Gasteiger partial charge in [0.05, 0.1) is 31.9 Å². The monoisotopic (exact) mass is 321 g/mol. The van der Waals surface area contributed by atoms with Gasteiger partial charge in [-0.1, -0.05) is 53.6 Å². The smallest absolute Gasteiger partial charge is 0.250 e. The second-order valence-corrected chi connectivity index (χ2v) is 6.13. The van der Waals surface area contributed by atoms with Gasteiger partial charge in [0.1, 0.15) is 6.54 Å². The summed E-state index contributed by atoms with van der Waals surface area (Å²) in [5.74, 6) is 0.833. The van der Waals surface area contributed by atoms with Crippen molar-refractivity contribution in [3.05, 3.63) is 66.2 Å². The molecular formula is C18H21N6+. The highest BCUT2D eigenvalue weighted by Crippen LogP contribution is 2.14. The Morgan fingerprint density at radius 1 is 0.875 bits per heavy atom. The normalized spacial score (nSPS) is 15.6. The number of rotatable bonds is 4. The molecule has 4 rings (SSSR count). The molecular weight excluding hydrogens is 300 g/mol. The van der Waals surface area contributed by atoms with Crippen LogP contribution in [0, 0.1) is 0 Å². The Labute approximate surface area is 141 Å². The van der Waals surface area contributed by atoms with Crippen molar-refractivity contribution in [1.82, 2.24) is 20.2 Å². The Bertz CT molecular complexity index is 762. The number of aromatic nitrogens is 4. The fourth-order valence-electron chi connectivity index (χ4n) is 3.20. The molecule has 0 radical (unpaired) electrons. The molecule has 3 aromatic rings. The van der Waals surface area contributed by atoms with Gasteiger partial charge in [-0.15, -0.1) is 0 Å². The molecule has 0 bridgehead atoms. The fourth-order valence-corrected chi connectivity index (χ4v) is 3.20. The van der Waals surface area contributed by atoms with Crippen molar-refractivity contribution in [3.8, 4) is 5.69 Å². The van der Waals surface area contributed by atoms with E-state index >= 15 is 0 Å². The third-order valence-electron chi connectivity index (χ3n) is 4.50. The highest BCUT2D eigenvalue weighted by Gasteiger charge is 2.24. The van der Waals surface area contributed by atoms with E-state index in [4.69, 9.17) is 0 Å². The topological polar surface area (TPSA) is 51.3 Å². The van der Waals surface area contributed by atoms with Gasteiger partial charge in [0, 0.05) is 5.56 Å². The maximum Gasteiger partial charge on any atom is 0.250 e. The Kier molecular flexibility index (Phi) is 4.20. The second kappa shape index (κ2) is 6.80. The van der Waals surface area contributed by atoms with Crippen LogP contribution in [0.4, 0.5) is 5.95 Å². The zero-order valence-electron chi connectivity index (χ0n) is 13.5. The summed E-state index contributed by atoms with van der Waals surface area (Å²) in [6.45, 7) is 5.20. The predicted octanol–water partition coefficient (Wildman–Crippen LogP) is 0.567. The summed E-state index contributed by atoms with van der Waals surface area (Å²) in [5.41, 5.74) is 2.40. The maximum atomic E-state index is 4.24. The minimum Gasteiger partial charge on any atom is -0.328 e. The summed E-state index contributed by atoms with van der Waals surface area (Å²) >= 11 is 0. The van der Waals surface area contributed by atoms with E-state index in [9.17, 15) is 0 Å². The Hall–Kier alpha value is -2.73. The van der Waals surface area contributed by atoms with Crippen molar-refractivity contribution in [1.29, 1.82) is 0 Å². The molecule has 0 aliphatic carbocycles. The summed E-state index contributed by atoms with van der Waals surface area (Å²) in [6.07, 6.45) is 0. The van der Waals surface area contributed by atoms with Crippen LogP contribution in [0.5, 0.6) is 0 Å². The molecule has 0 amide bonds. The van der Waals surface area contributed by atoms with Crippen molar-refractivity contribution in [2.45, 2.75) is 6.54 Å². The second-order valence-electron chi connectivity index (χ2n) is 6.13. The molecule has 24 heavy (non-hydrogen) atoms. The van der Waals surface area contributed by atoms with Crippen LogP contribution in [-0.4, -0.2) is 46.4 Å². The van der Waals surface area contributed by atoms with Gasteiger partial charge in [-0.2, -0.15) is 4.68 Å².